The minimum absolute atomic E-state index is 0.0342. The van der Waals surface area contributed by atoms with E-state index in [0.717, 1.165) is 83.1 Å². The summed E-state index contributed by atoms with van der Waals surface area (Å²) in [5, 5.41) is 31.3. The van der Waals surface area contributed by atoms with Gasteiger partial charge in [-0.2, -0.15) is 0 Å². The fourth-order valence-electron chi connectivity index (χ4n) is 6.58. The Morgan fingerprint density at radius 2 is 1.15 bits per heavy atom. The van der Waals surface area contributed by atoms with Gasteiger partial charge in [0.15, 0.2) is 0 Å². The Hall–Kier alpha value is -4.49. The first-order valence-corrected chi connectivity index (χ1v) is 20.7. The molecule has 2 aromatic carbocycles. The molecule has 2 fully saturated rings. The third-order valence-electron chi connectivity index (χ3n) is 9.91. The Morgan fingerprint density at radius 1 is 0.695 bits per heavy atom. The average molecular weight is 840 g/mol. The lowest BCUT2D eigenvalue weighted by molar-refractivity contribution is -0.384. The molecule has 2 aliphatic heterocycles. The molecule has 0 spiro atoms. The molecule has 0 saturated carbocycles. The highest BCUT2D eigenvalue weighted by molar-refractivity contribution is 6.33. The van der Waals surface area contributed by atoms with Gasteiger partial charge in [0, 0.05) is 83.3 Å². The summed E-state index contributed by atoms with van der Waals surface area (Å²) in [7, 11) is 10.0. The third kappa shape index (κ3) is 14.6. The summed E-state index contributed by atoms with van der Waals surface area (Å²) >= 11 is 6.01. The molecule has 0 bridgehead atoms. The van der Waals surface area contributed by atoms with Crippen molar-refractivity contribution in [2.24, 2.45) is 0 Å². The Kier molecular flexibility index (Phi) is 19.6. The first-order chi connectivity index (χ1) is 28.4. The van der Waals surface area contributed by atoms with Gasteiger partial charge >= 0.3 is 11.4 Å². The number of morpholine rings is 2. The van der Waals surface area contributed by atoms with Gasteiger partial charge in [-0.15, -0.1) is 0 Å². The Bertz CT molecular complexity index is 1930. The number of aromatic nitrogens is 2. The highest BCUT2D eigenvalue weighted by Gasteiger charge is 2.28. The molecule has 2 aliphatic rings. The number of ether oxygens (including phenoxy) is 2. The summed E-state index contributed by atoms with van der Waals surface area (Å²) in [6.45, 7) is 14.1. The number of halogens is 1. The van der Waals surface area contributed by atoms with E-state index in [2.05, 4.69) is 56.3 Å². The van der Waals surface area contributed by atoms with E-state index in [4.69, 9.17) is 21.1 Å². The minimum Gasteiger partial charge on any atom is -0.379 e. The Morgan fingerprint density at radius 3 is 1.59 bits per heavy atom. The molecule has 4 heterocycles. The highest BCUT2D eigenvalue weighted by atomic mass is 35.5. The monoisotopic (exact) mass is 839 g/mol. The largest absolute Gasteiger partial charge is 0.379 e. The van der Waals surface area contributed by atoms with Crippen LogP contribution in [0.15, 0.2) is 48.5 Å². The average Bonchev–Trinajstić information content (AvgIpc) is 3.22. The van der Waals surface area contributed by atoms with E-state index >= 15 is 0 Å². The summed E-state index contributed by atoms with van der Waals surface area (Å²) in [6, 6.07) is 14.8. The number of para-hydroxylation sites is 2. The molecular formula is C41H62ClN11O6. The molecule has 0 aliphatic carbocycles. The van der Waals surface area contributed by atoms with Gasteiger partial charge in [-0.3, -0.25) is 30.0 Å². The second-order valence-electron chi connectivity index (χ2n) is 15.0. The van der Waals surface area contributed by atoms with Crippen molar-refractivity contribution >= 4 is 62.0 Å². The van der Waals surface area contributed by atoms with Gasteiger partial charge in [0.1, 0.15) is 11.4 Å². The van der Waals surface area contributed by atoms with Crippen molar-refractivity contribution in [3.05, 3.63) is 73.9 Å². The summed E-state index contributed by atoms with van der Waals surface area (Å²) < 4.78 is 10.7. The van der Waals surface area contributed by atoms with E-state index in [1.54, 1.807) is 6.07 Å². The van der Waals surface area contributed by atoms with Gasteiger partial charge in [-0.25, -0.2) is 9.97 Å². The maximum Gasteiger partial charge on any atom is 0.335 e. The van der Waals surface area contributed by atoms with Gasteiger partial charge < -0.3 is 34.8 Å². The molecule has 4 aromatic rings. The van der Waals surface area contributed by atoms with E-state index in [1.165, 1.54) is 19.4 Å². The van der Waals surface area contributed by atoms with Crippen LogP contribution < -0.4 is 15.5 Å². The number of nitrogens with zero attached hydrogens (tertiary/aromatic N) is 9. The zero-order valence-corrected chi connectivity index (χ0v) is 36.2. The number of benzene rings is 2. The van der Waals surface area contributed by atoms with Gasteiger partial charge in [0.05, 0.1) is 47.3 Å². The molecule has 2 N–H and O–H groups in total. The van der Waals surface area contributed by atoms with Crippen LogP contribution in [0.3, 0.4) is 0 Å². The molecule has 0 unspecified atom stereocenters. The second kappa shape index (κ2) is 24.6. The number of rotatable bonds is 17. The number of fused-ring (bicyclic) bond motifs is 2. The van der Waals surface area contributed by atoms with E-state index in [-0.39, 0.29) is 21.5 Å². The molecule has 0 radical (unpaired) electrons. The molecule has 0 amide bonds. The molecule has 6 rings (SSSR count). The molecule has 17 nitrogen and oxygen atoms in total. The third-order valence-corrected chi connectivity index (χ3v) is 10.2. The summed E-state index contributed by atoms with van der Waals surface area (Å²) in [6.07, 6.45) is 2.63. The predicted octanol–water partition coefficient (Wildman–Crippen LogP) is 5.77. The molecule has 324 valence electrons. The predicted molar refractivity (Wildman–Crippen MR) is 239 cm³/mol. The van der Waals surface area contributed by atoms with Gasteiger partial charge in [0.2, 0.25) is 11.0 Å². The quantitative estimate of drug-likeness (QED) is 0.0745. The van der Waals surface area contributed by atoms with E-state index in [1.807, 2.05) is 73.4 Å². The molecule has 0 atom stereocenters. The molecule has 18 heteroatoms. The van der Waals surface area contributed by atoms with Crippen LogP contribution in [-0.4, -0.2) is 173 Å². The highest BCUT2D eigenvalue weighted by Crippen LogP contribution is 2.39. The minimum atomic E-state index is -0.487. The van der Waals surface area contributed by atoms with E-state index < -0.39 is 4.92 Å². The second-order valence-corrected chi connectivity index (χ2v) is 15.3. The van der Waals surface area contributed by atoms with Crippen molar-refractivity contribution in [1.82, 2.24) is 29.6 Å². The number of nitro groups is 2. The number of hydrogen-bond acceptors (Lipinski definition) is 15. The van der Waals surface area contributed by atoms with Crippen LogP contribution in [0, 0.1) is 20.2 Å². The number of nitrogens with one attached hydrogen (secondary N) is 2. The Balaban J connectivity index is 0.000000229. The van der Waals surface area contributed by atoms with E-state index in [9.17, 15) is 20.2 Å². The lowest BCUT2D eigenvalue weighted by Gasteiger charge is -2.27. The van der Waals surface area contributed by atoms with Crippen molar-refractivity contribution in [1.29, 1.82) is 0 Å². The number of anilines is 3. The van der Waals surface area contributed by atoms with Gasteiger partial charge in [0.25, 0.3) is 0 Å². The fraction of sp³-hybridized carbons (Fsp3) is 0.561. The lowest BCUT2D eigenvalue weighted by atomic mass is 10.1. The first kappa shape index (κ1) is 47.2. The zero-order chi connectivity index (χ0) is 42.7. The van der Waals surface area contributed by atoms with E-state index in [0.29, 0.717) is 47.7 Å². The molecule has 2 saturated heterocycles. The smallest absolute Gasteiger partial charge is 0.335 e. The number of unbranched alkanes of at least 4 members (excludes halogenated alkanes) is 1. The van der Waals surface area contributed by atoms with Crippen molar-refractivity contribution in [2.75, 3.05) is 149 Å². The summed E-state index contributed by atoms with van der Waals surface area (Å²) in [4.78, 5) is 42.0. The standard InChI is InChI=1S/C20H30N6O3.C15H17ClN4O3.C6H15N/c1-23(2)10-11-24(3)20-19(26(27)28)18(16-6-4-5-7-17(16)22-20)21-8-9-25-12-14-29-15-13-25;16-15-14(20(21)22)13(11-3-1-2-4-12(11)18-15)17-5-6-19-7-9-23-10-8-19;1-4-5-6-7(2)3/h4-7H,8-15H2,1-3H3,(H,21,22);1-4H,5-10H2,(H,17,18);4-6H2,1-3H3. The first-order valence-electron chi connectivity index (χ1n) is 20.3. The van der Waals surface area contributed by atoms with Crippen molar-refractivity contribution in [3.8, 4) is 0 Å². The lowest BCUT2D eigenvalue weighted by Crippen LogP contribution is -2.39. The maximum atomic E-state index is 12.1. The van der Waals surface area contributed by atoms with Crippen molar-refractivity contribution < 1.29 is 19.3 Å². The van der Waals surface area contributed by atoms with Crippen LogP contribution in [0.5, 0.6) is 0 Å². The van der Waals surface area contributed by atoms with Gasteiger partial charge in [-0.05, 0) is 53.3 Å². The van der Waals surface area contributed by atoms with Gasteiger partial charge in [-0.1, -0.05) is 61.3 Å². The molecule has 2 aromatic heterocycles. The topological polar surface area (TPSA) is 171 Å². The number of likely N-dealkylation sites (N-methyl/N-ethyl adjacent to an activating group) is 2. The summed E-state index contributed by atoms with van der Waals surface area (Å²) in [5.41, 5.74) is 2.22. The normalized spacial score (nSPS) is 14.7. The van der Waals surface area contributed by atoms with Crippen LogP contribution in [0.2, 0.25) is 5.15 Å². The molecular weight excluding hydrogens is 778 g/mol. The van der Waals surface area contributed by atoms with Crippen LogP contribution in [0.25, 0.3) is 21.8 Å². The maximum absolute atomic E-state index is 12.1. The zero-order valence-electron chi connectivity index (χ0n) is 35.5. The van der Waals surface area contributed by atoms with Crippen molar-refractivity contribution in [2.45, 2.75) is 19.8 Å². The molecule has 59 heavy (non-hydrogen) atoms. The summed E-state index contributed by atoms with van der Waals surface area (Å²) in [5.74, 6) is 0.393. The van der Waals surface area contributed by atoms with Crippen LogP contribution in [-0.2, 0) is 9.47 Å². The van der Waals surface area contributed by atoms with Crippen LogP contribution in [0.1, 0.15) is 19.8 Å². The van der Waals surface area contributed by atoms with Crippen LogP contribution >= 0.6 is 11.6 Å². The fourth-order valence-corrected chi connectivity index (χ4v) is 6.84. The SMILES string of the molecule is CCCCN(C)C.CN(C)CCN(C)c1nc2ccccc2c(NCCN2CCOCC2)c1[N+](=O)[O-].O=[N+]([O-])c1c(Cl)nc2ccccc2c1NCCN1CCOCC1. The number of hydrogen-bond donors (Lipinski definition) is 2. The Labute approximate surface area is 352 Å². The van der Waals surface area contributed by atoms with Crippen molar-refractivity contribution in [3.63, 3.8) is 0 Å². The van der Waals surface area contributed by atoms with Crippen LogP contribution in [0.4, 0.5) is 28.6 Å². The number of pyridine rings is 2.